The van der Waals surface area contributed by atoms with E-state index in [9.17, 15) is 18.4 Å². The Morgan fingerprint density at radius 2 is 2.21 bits per heavy atom. The SMILES string of the molecule is CCOC(=O)c1cn(-c2ccon2)c2cc(F)c(F)c(N)c2c1=O. The van der Waals surface area contributed by atoms with Crippen LogP contribution in [0.25, 0.3) is 16.7 Å². The monoisotopic (exact) mass is 335 g/mol. The quantitative estimate of drug-likeness (QED) is 0.580. The van der Waals surface area contributed by atoms with Crippen molar-refractivity contribution < 1.29 is 22.8 Å². The van der Waals surface area contributed by atoms with Gasteiger partial charge < -0.3 is 15.0 Å². The Bertz CT molecular complexity index is 996. The van der Waals surface area contributed by atoms with Crippen molar-refractivity contribution in [3.63, 3.8) is 0 Å². The molecule has 0 aliphatic carbocycles. The van der Waals surface area contributed by atoms with E-state index in [1.165, 1.54) is 16.9 Å². The molecule has 0 spiro atoms. The van der Waals surface area contributed by atoms with Gasteiger partial charge in [0.15, 0.2) is 17.5 Å². The lowest BCUT2D eigenvalue weighted by atomic mass is 10.1. The van der Waals surface area contributed by atoms with Crippen molar-refractivity contribution >= 4 is 22.6 Å². The first-order chi connectivity index (χ1) is 11.5. The molecule has 1 aromatic carbocycles. The van der Waals surface area contributed by atoms with Gasteiger partial charge in [0.2, 0.25) is 5.43 Å². The summed E-state index contributed by atoms with van der Waals surface area (Å²) >= 11 is 0. The van der Waals surface area contributed by atoms with Crippen LogP contribution in [0, 0.1) is 11.6 Å². The van der Waals surface area contributed by atoms with Crippen LogP contribution in [0.15, 0.2) is 33.9 Å². The maximum Gasteiger partial charge on any atom is 0.343 e. The van der Waals surface area contributed by atoms with Crippen LogP contribution in [0.2, 0.25) is 0 Å². The molecular formula is C15H11F2N3O4. The fourth-order valence-electron chi connectivity index (χ4n) is 2.33. The molecule has 0 fully saturated rings. The minimum absolute atomic E-state index is 0.0352. The Morgan fingerprint density at radius 3 is 2.83 bits per heavy atom. The number of hydrogen-bond donors (Lipinski definition) is 1. The lowest BCUT2D eigenvalue weighted by Crippen LogP contribution is -2.22. The summed E-state index contributed by atoms with van der Waals surface area (Å²) in [5.41, 5.74) is 3.56. The van der Waals surface area contributed by atoms with Crippen molar-refractivity contribution in [1.82, 2.24) is 9.72 Å². The standard InChI is InChI=1S/C15H11F2N3O4/c1-2-23-15(22)7-6-20(10-3-4-24-19-10)9-5-8(16)12(17)13(18)11(9)14(7)21/h3-6H,2,18H2,1H3. The normalized spacial score (nSPS) is 11.0. The number of nitrogens with zero attached hydrogens (tertiary/aromatic N) is 2. The van der Waals surface area contributed by atoms with Gasteiger partial charge in [0.05, 0.1) is 23.2 Å². The summed E-state index contributed by atoms with van der Waals surface area (Å²) in [4.78, 5) is 24.5. The number of carbonyl (C=O) groups excluding carboxylic acids is 1. The van der Waals surface area contributed by atoms with E-state index in [1.807, 2.05) is 0 Å². The Kier molecular flexibility index (Phi) is 3.76. The molecule has 7 nitrogen and oxygen atoms in total. The van der Waals surface area contributed by atoms with E-state index < -0.39 is 28.7 Å². The summed E-state index contributed by atoms with van der Waals surface area (Å²) in [5, 5.41) is 3.33. The second-order valence-corrected chi connectivity index (χ2v) is 4.80. The number of nitrogen functional groups attached to an aromatic ring is 1. The molecule has 0 amide bonds. The first kappa shape index (κ1) is 15.7. The zero-order chi connectivity index (χ0) is 17.4. The second kappa shape index (κ2) is 5.76. The first-order valence-corrected chi connectivity index (χ1v) is 6.86. The van der Waals surface area contributed by atoms with Crippen LogP contribution >= 0.6 is 0 Å². The molecule has 0 radical (unpaired) electrons. The molecule has 2 heterocycles. The number of nitrogens with two attached hydrogens (primary N) is 1. The number of hydrogen-bond acceptors (Lipinski definition) is 6. The van der Waals surface area contributed by atoms with Gasteiger partial charge >= 0.3 is 5.97 Å². The highest BCUT2D eigenvalue weighted by atomic mass is 19.2. The smallest absolute Gasteiger partial charge is 0.343 e. The Balaban J connectivity index is 2.47. The third-order valence-electron chi connectivity index (χ3n) is 3.39. The third-order valence-corrected chi connectivity index (χ3v) is 3.39. The van der Waals surface area contributed by atoms with Crippen molar-refractivity contribution in [3.05, 3.63) is 52.0 Å². The van der Waals surface area contributed by atoms with Gasteiger partial charge in [0.1, 0.15) is 11.8 Å². The van der Waals surface area contributed by atoms with Crippen molar-refractivity contribution in [1.29, 1.82) is 0 Å². The third kappa shape index (κ3) is 2.30. The molecule has 0 aliphatic heterocycles. The summed E-state index contributed by atoms with van der Waals surface area (Å²) in [5.74, 6) is -3.37. The molecule has 0 atom stereocenters. The van der Waals surface area contributed by atoms with Gasteiger partial charge in [0, 0.05) is 18.3 Å². The number of benzene rings is 1. The van der Waals surface area contributed by atoms with Crippen LogP contribution in [-0.2, 0) is 4.74 Å². The van der Waals surface area contributed by atoms with Crippen molar-refractivity contribution in [2.24, 2.45) is 0 Å². The van der Waals surface area contributed by atoms with Crippen LogP contribution in [0.5, 0.6) is 0 Å². The number of rotatable bonds is 3. The summed E-state index contributed by atoms with van der Waals surface area (Å²) in [6.45, 7) is 1.60. The largest absolute Gasteiger partial charge is 0.462 e. The molecule has 2 N–H and O–H groups in total. The van der Waals surface area contributed by atoms with E-state index in [0.717, 1.165) is 12.3 Å². The van der Waals surface area contributed by atoms with Crippen molar-refractivity contribution in [3.8, 4) is 5.82 Å². The molecule has 3 aromatic rings. The van der Waals surface area contributed by atoms with Crippen LogP contribution in [0.1, 0.15) is 17.3 Å². The predicted octanol–water partition coefficient (Wildman–Crippen LogP) is 2.02. The summed E-state index contributed by atoms with van der Waals surface area (Å²) in [6, 6.07) is 2.21. The van der Waals surface area contributed by atoms with Crippen molar-refractivity contribution in [2.75, 3.05) is 12.3 Å². The van der Waals surface area contributed by atoms with E-state index in [-0.39, 0.29) is 28.9 Å². The predicted molar refractivity (Wildman–Crippen MR) is 79.9 cm³/mol. The minimum atomic E-state index is -1.37. The number of halogens is 2. The number of carbonyl (C=O) groups is 1. The van der Waals surface area contributed by atoms with Gasteiger partial charge in [-0.1, -0.05) is 5.16 Å². The number of pyridine rings is 1. The molecule has 0 bridgehead atoms. The molecule has 24 heavy (non-hydrogen) atoms. The number of ether oxygens (including phenoxy) is 1. The number of esters is 1. The van der Waals surface area contributed by atoms with Gasteiger partial charge in [-0.3, -0.25) is 9.36 Å². The zero-order valence-corrected chi connectivity index (χ0v) is 12.4. The average molecular weight is 335 g/mol. The number of anilines is 1. The highest BCUT2D eigenvalue weighted by Gasteiger charge is 2.22. The molecule has 0 aliphatic rings. The number of aromatic nitrogens is 2. The molecule has 2 aromatic heterocycles. The summed E-state index contributed by atoms with van der Waals surface area (Å²) < 4.78 is 38.3. The maximum atomic E-state index is 13.8. The topological polar surface area (TPSA) is 100 Å². The maximum absolute atomic E-state index is 13.8. The molecule has 0 saturated carbocycles. The van der Waals surface area contributed by atoms with Crippen LogP contribution in [-0.4, -0.2) is 22.3 Å². The molecular weight excluding hydrogens is 324 g/mol. The van der Waals surface area contributed by atoms with Crippen LogP contribution < -0.4 is 11.2 Å². The van der Waals surface area contributed by atoms with Gasteiger partial charge in [-0.15, -0.1) is 0 Å². The van der Waals surface area contributed by atoms with E-state index in [2.05, 4.69) is 5.16 Å². The lowest BCUT2D eigenvalue weighted by molar-refractivity contribution is 0.0524. The summed E-state index contributed by atoms with van der Waals surface area (Å²) in [7, 11) is 0. The molecule has 0 saturated heterocycles. The Labute approximate surface area is 133 Å². The van der Waals surface area contributed by atoms with E-state index in [1.54, 1.807) is 6.92 Å². The second-order valence-electron chi connectivity index (χ2n) is 4.80. The van der Waals surface area contributed by atoms with Gasteiger partial charge in [-0.25, -0.2) is 13.6 Å². The summed E-state index contributed by atoms with van der Waals surface area (Å²) in [6.07, 6.45) is 2.36. The molecule has 3 rings (SSSR count). The Hall–Kier alpha value is -3.23. The Morgan fingerprint density at radius 1 is 1.46 bits per heavy atom. The highest BCUT2D eigenvalue weighted by molar-refractivity contribution is 5.98. The highest BCUT2D eigenvalue weighted by Crippen LogP contribution is 2.26. The first-order valence-electron chi connectivity index (χ1n) is 6.86. The fraction of sp³-hybridized carbons (Fsp3) is 0.133. The molecule has 0 unspecified atom stereocenters. The zero-order valence-electron chi connectivity index (χ0n) is 12.4. The molecule has 124 valence electrons. The van der Waals surface area contributed by atoms with Crippen molar-refractivity contribution in [2.45, 2.75) is 6.92 Å². The van der Waals surface area contributed by atoms with Crippen LogP contribution in [0.3, 0.4) is 0 Å². The number of fused-ring (bicyclic) bond motifs is 1. The fourth-order valence-corrected chi connectivity index (χ4v) is 2.33. The van der Waals surface area contributed by atoms with E-state index in [0.29, 0.717) is 0 Å². The average Bonchev–Trinajstić information content (AvgIpc) is 3.07. The van der Waals surface area contributed by atoms with E-state index >= 15 is 0 Å². The lowest BCUT2D eigenvalue weighted by Gasteiger charge is -2.12. The van der Waals surface area contributed by atoms with Crippen LogP contribution in [0.4, 0.5) is 14.5 Å². The van der Waals surface area contributed by atoms with Gasteiger partial charge in [-0.2, -0.15) is 0 Å². The van der Waals surface area contributed by atoms with Gasteiger partial charge in [-0.05, 0) is 6.92 Å². The van der Waals surface area contributed by atoms with Gasteiger partial charge in [0.25, 0.3) is 0 Å². The minimum Gasteiger partial charge on any atom is -0.462 e. The van der Waals surface area contributed by atoms with E-state index in [4.69, 9.17) is 15.0 Å². The molecule has 9 heteroatoms.